The van der Waals surface area contributed by atoms with E-state index in [0.29, 0.717) is 98.7 Å². The van der Waals surface area contributed by atoms with Crippen LogP contribution < -0.4 is 21.3 Å². The summed E-state index contributed by atoms with van der Waals surface area (Å²) in [6, 6.07) is 37.3. The number of phenolic OH excluding ortho intramolecular Hbond substituents is 1. The lowest BCUT2D eigenvalue weighted by Gasteiger charge is -2.34. The number of benzene rings is 3. The maximum atomic E-state index is 13.8. The van der Waals surface area contributed by atoms with Crippen molar-refractivity contribution < 1.29 is 23.5 Å². The Morgan fingerprint density at radius 3 is 1.75 bits per heavy atom. The summed E-state index contributed by atoms with van der Waals surface area (Å²) < 4.78 is 12.5. The van der Waals surface area contributed by atoms with Crippen molar-refractivity contribution in [1.82, 2.24) is 44.9 Å². The largest absolute Gasteiger partial charge is 0.507 e. The maximum absolute atomic E-state index is 13.8. The van der Waals surface area contributed by atoms with Gasteiger partial charge >= 0.3 is 5.63 Å². The normalized spacial score (nSPS) is 13.0. The van der Waals surface area contributed by atoms with Crippen molar-refractivity contribution in [1.29, 1.82) is 0 Å². The number of hydrogen-bond acceptors (Lipinski definition) is 15. The second-order valence-electron chi connectivity index (χ2n) is 19.3. The third kappa shape index (κ3) is 12.6. The number of aromatic nitrogens is 4. The fourth-order valence-electron chi connectivity index (χ4n) is 10.1. The Kier molecular flexibility index (Phi) is 16.1. The Morgan fingerprint density at radius 1 is 0.636 bits per heavy atom. The van der Waals surface area contributed by atoms with Gasteiger partial charge in [0.2, 0.25) is 5.91 Å². The lowest BCUT2D eigenvalue weighted by molar-refractivity contribution is -0.122. The average Bonchev–Trinajstić information content (AvgIpc) is 3.47. The molecule has 2 N–H and O–H groups in total. The van der Waals surface area contributed by atoms with E-state index in [1.807, 2.05) is 102 Å². The minimum atomic E-state index is -0.690. The number of carbonyl (C=O) groups excluding carboxylic acids is 2. The molecule has 392 valence electrons. The summed E-state index contributed by atoms with van der Waals surface area (Å²) in [4.78, 5) is 82.8. The second kappa shape index (κ2) is 23.9. The Bertz CT molecular complexity index is 3490. The van der Waals surface area contributed by atoms with E-state index in [0.717, 1.165) is 58.2 Å². The van der Waals surface area contributed by atoms with Gasteiger partial charge in [0.25, 0.3) is 5.91 Å². The van der Waals surface area contributed by atoms with E-state index in [1.165, 1.54) is 6.07 Å². The fourth-order valence-corrected chi connectivity index (χ4v) is 10.1. The van der Waals surface area contributed by atoms with Gasteiger partial charge in [-0.25, -0.2) is 4.79 Å². The van der Waals surface area contributed by atoms with Crippen LogP contribution in [0.3, 0.4) is 0 Å². The van der Waals surface area contributed by atoms with Crippen molar-refractivity contribution in [2.24, 2.45) is 0 Å². The van der Waals surface area contributed by atoms with Crippen LogP contribution >= 0.6 is 0 Å². The summed E-state index contributed by atoms with van der Waals surface area (Å²) in [6.07, 6.45) is 7.05. The molecule has 0 spiro atoms. The van der Waals surface area contributed by atoms with Crippen molar-refractivity contribution >= 4 is 39.4 Å². The van der Waals surface area contributed by atoms with E-state index < -0.39 is 11.5 Å². The molecule has 0 atom stereocenters. The number of fused-ring (bicyclic) bond motifs is 3. The van der Waals surface area contributed by atoms with Crippen LogP contribution in [0.1, 0.15) is 63.7 Å². The monoisotopic (exact) mass is 1030 g/mol. The molecule has 5 aromatic heterocycles. The molecule has 7 heterocycles. The quantitative estimate of drug-likeness (QED) is 0.0559. The first kappa shape index (κ1) is 51.8. The van der Waals surface area contributed by atoms with Crippen LogP contribution in [-0.4, -0.2) is 102 Å². The average molecular weight is 1030 g/mol. The molecule has 2 aliphatic heterocycles. The van der Waals surface area contributed by atoms with Gasteiger partial charge in [0.15, 0.2) is 5.43 Å². The van der Waals surface area contributed by atoms with Crippen molar-refractivity contribution in [3.63, 3.8) is 0 Å². The van der Waals surface area contributed by atoms with E-state index in [2.05, 4.69) is 53.8 Å². The summed E-state index contributed by atoms with van der Waals surface area (Å²) in [5, 5.41) is 16.3. The minimum Gasteiger partial charge on any atom is -0.507 e. The summed E-state index contributed by atoms with van der Waals surface area (Å²) in [6.45, 7) is 9.69. The first-order valence-corrected chi connectivity index (χ1v) is 26.0. The van der Waals surface area contributed by atoms with E-state index in [1.54, 1.807) is 47.9 Å². The predicted octanol–water partition coefficient (Wildman–Crippen LogP) is 7.62. The van der Waals surface area contributed by atoms with Gasteiger partial charge in [-0.15, -0.1) is 0 Å². The zero-order valence-electron chi connectivity index (χ0n) is 43.2. The molecular formula is C60H60N10O7. The summed E-state index contributed by atoms with van der Waals surface area (Å²) in [5.74, 6) is -0.476. The van der Waals surface area contributed by atoms with Crippen molar-refractivity contribution in [3.05, 3.63) is 212 Å². The summed E-state index contributed by atoms with van der Waals surface area (Å²) in [7, 11) is 0. The highest BCUT2D eigenvalue weighted by Crippen LogP contribution is 2.38. The van der Waals surface area contributed by atoms with Crippen LogP contribution in [0.5, 0.6) is 5.75 Å². The number of rotatable bonds is 20. The highest BCUT2D eigenvalue weighted by molar-refractivity contribution is 5.97. The molecular weight excluding hydrogens is 973 g/mol. The number of piperazine rings is 1. The molecule has 1 saturated heterocycles. The van der Waals surface area contributed by atoms with Gasteiger partial charge in [0, 0.05) is 137 Å². The van der Waals surface area contributed by atoms with Crippen molar-refractivity contribution in [3.8, 4) is 17.1 Å². The van der Waals surface area contributed by atoms with Gasteiger partial charge in [0.05, 0.1) is 41.4 Å². The Balaban J connectivity index is 0.914. The van der Waals surface area contributed by atoms with E-state index in [-0.39, 0.29) is 35.7 Å². The van der Waals surface area contributed by atoms with Crippen molar-refractivity contribution in [2.45, 2.75) is 59.7 Å². The number of anilines is 1. The topological polar surface area (TPSA) is 195 Å². The van der Waals surface area contributed by atoms with Gasteiger partial charge in [0.1, 0.15) is 28.2 Å². The molecule has 77 heavy (non-hydrogen) atoms. The van der Waals surface area contributed by atoms with Crippen LogP contribution in [0.25, 0.3) is 33.3 Å². The molecule has 2 aromatic carbocycles. The molecule has 3 aliphatic rings. The van der Waals surface area contributed by atoms with Gasteiger partial charge < -0.3 is 29.1 Å². The highest BCUT2D eigenvalue weighted by Gasteiger charge is 2.28. The number of hydrogen-bond donors (Lipinski definition) is 2. The van der Waals surface area contributed by atoms with E-state index in [4.69, 9.17) is 8.83 Å². The SMILES string of the molecule is CCN(CC)c1ccc2cc(C(=O)N3CCN(CC(=O)NCc4c(O)cc(CN(Cc5ccccn5)Cc5ccccn5)c5cc6c(CN(Cc7ccccn7)Cc7ccccn7)cc(=O)cc-6oc45)CC3)c(=O)oc2c1. The predicted molar refractivity (Wildman–Crippen MR) is 294 cm³/mol. The van der Waals surface area contributed by atoms with E-state index in [9.17, 15) is 24.3 Å². The zero-order valence-corrected chi connectivity index (χ0v) is 43.2. The number of pyridine rings is 4. The van der Waals surface area contributed by atoms with E-state index >= 15 is 0 Å². The zero-order chi connectivity index (χ0) is 53.3. The lowest BCUT2D eigenvalue weighted by atomic mass is 9.96. The number of phenols is 1. The standard InChI is InChI=1S/C60H60N10O7/c1-3-69(4-2)48-18-17-41-28-52(60(75)77-55(41)30-48)59(74)70-25-23-66(24-26-70)40-57(73)65-33-53-54(72)29-43(35-68(38-46-15-7-11-21-63-46)39-47-16-8-12-22-64-47)51-32-50-42(27-49(71)31-56(50)76-58(51)53)34-67(36-44-13-5-9-19-61-44)37-45-14-6-10-20-62-45/h5-22,27-32,72H,3-4,23-26,33-40H2,1-2H3,(H,65,73). The third-order valence-electron chi connectivity index (χ3n) is 14.0. The number of nitrogens with one attached hydrogen (secondary N) is 1. The number of aromatic hydroxyl groups is 1. The summed E-state index contributed by atoms with van der Waals surface area (Å²) in [5.41, 5.74) is 6.70. The van der Waals surface area contributed by atoms with Gasteiger partial charge in [-0.1, -0.05) is 24.3 Å². The molecule has 10 rings (SSSR count). The molecule has 2 amide bonds. The van der Waals surface area contributed by atoms with Gasteiger partial charge in [-0.05, 0) is 110 Å². The maximum Gasteiger partial charge on any atom is 0.349 e. The van der Waals surface area contributed by atoms with Crippen LogP contribution in [-0.2, 0) is 50.6 Å². The number of carbonyl (C=O) groups is 2. The highest BCUT2D eigenvalue weighted by atomic mass is 16.4. The Labute approximate surface area is 445 Å². The molecule has 0 bridgehead atoms. The molecule has 17 heteroatoms. The Hall–Kier alpha value is -8.64. The number of amides is 2. The van der Waals surface area contributed by atoms with Gasteiger partial charge in [-0.3, -0.25) is 49.0 Å². The Morgan fingerprint density at radius 2 is 1.21 bits per heavy atom. The van der Waals surface area contributed by atoms with Crippen LogP contribution in [0.4, 0.5) is 5.69 Å². The smallest absolute Gasteiger partial charge is 0.349 e. The molecule has 1 aliphatic carbocycles. The lowest BCUT2D eigenvalue weighted by Crippen LogP contribution is -2.51. The third-order valence-corrected chi connectivity index (χ3v) is 14.0. The molecule has 17 nitrogen and oxygen atoms in total. The minimum absolute atomic E-state index is 0.0261. The molecule has 1 fully saturated rings. The van der Waals surface area contributed by atoms with Crippen LogP contribution in [0, 0.1) is 0 Å². The van der Waals surface area contributed by atoms with Crippen LogP contribution in [0.2, 0.25) is 0 Å². The molecule has 0 unspecified atom stereocenters. The first-order chi connectivity index (χ1) is 37.6. The second-order valence-corrected chi connectivity index (χ2v) is 19.3. The summed E-state index contributed by atoms with van der Waals surface area (Å²) >= 11 is 0. The van der Waals surface area contributed by atoms with Gasteiger partial charge in [-0.2, -0.15) is 0 Å². The fraction of sp³-hybridized carbons (Fsp3) is 0.267. The number of nitrogens with zero attached hydrogens (tertiary/aromatic N) is 9. The van der Waals surface area contributed by atoms with Crippen molar-refractivity contribution in [2.75, 3.05) is 50.7 Å². The first-order valence-electron chi connectivity index (χ1n) is 26.0. The molecule has 7 aromatic rings. The molecule has 0 radical (unpaired) electrons. The van der Waals surface area contributed by atoms with Crippen LogP contribution in [0.15, 0.2) is 165 Å². The molecule has 0 saturated carbocycles.